The number of nitrogens with zero attached hydrogens (tertiary/aromatic N) is 3. The van der Waals surface area contributed by atoms with E-state index in [4.69, 9.17) is 6.42 Å². The van der Waals surface area contributed by atoms with Gasteiger partial charge in [-0.15, -0.1) is 6.42 Å². The van der Waals surface area contributed by atoms with Crippen molar-refractivity contribution in [3.63, 3.8) is 0 Å². The fraction of sp³-hybridized carbons (Fsp3) is 0.167. The highest BCUT2D eigenvalue weighted by Gasteiger charge is 2.04. The van der Waals surface area contributed by atoms with Gasteiger partial charge in [-0.25, -0.2) is 0 Å². The number of hydrogen-bond donors (Lipinski definition) is 0. The van der Waals surface area contributed by atoms with Crippen LogP contribution < -0.4 is 0 Å². The van der Waals surface area contributed by atoms with Crippen LogP contribution in [0, 0.1) is 19.3 Å². The molecule has 0 bridgehead atoms. The van der Waals surface area contributed by atoms with E-state index < -0.39 is 0 Å². The molecule has 3 nitrogen and oxygen atoms in total. The number of pyridine rings is 1. The molecule has 0 saturated heterocycles. The zero-order valence-electron chi connectivity index (χ0n) is 8.51. The summed E-state index contributed by atoms with van der Waals surface area (Å²) in [5, 5.41) is 4.40. The van der Waals surface area contributed by atoms with Crippen LogP contribution in [0.5, 0.6) is 0 Å². The van der Waals surface area contributed by atoms with Crippen LogP contribution in [0.25, 0.3) is 11.3 Å². The van der Waals surface area contributed by atoms with Gasteiger partial charge in [0.25, 0.3) is 0 Å². The van der Waals surface area contributed by atoms with Crippen LogP contribution in [0.2, 0.25) is 0 Å². The van der Waals surface area contributed by atoms with E-state index in [0.29, 0.717) is 6.54 Å². The SMILES string of the molecule is C#CCn1nc(-c2cccnc2)cc1C. The smallest absolute Gasteiger partial charge is 0.102 e. The predicted octanol–water partition coefficient (Wildman–Crippen LogP) is 1.89. The number of hydrogen-bond acceptors (Lipinski definition) is 2. The topological polar surface area (TPSA) is 30.7 Å². The number of rotatable bonds is 2. The highest BCUT2D eigenvalue weighted by molar-refractivity contribution is 5.57. The molecular weight excluding hydrogens is 186 g/mol. The van der Waals surface area contributed by atoms with Gasteiger partial charge >= 0.3 is 0 Å². The summed E-state index contributed by atoms with van der Waals surface area (Å²) in [4.78, 5) is 4.06. The van der Waals surface area contributed by atoms with E-state index >= 15 is 0 Å². The zero-order chi connectivity index (χ0) is 10.7. The van der Waals surface area contributed by atoms with Crippen molar-refractivity contribution in [2.75, 3.05) is 0 Å². The quantitative estimate of drug-likeness (QED) is 0.688. The summed E-state index contributed by atoms with van der Waals surface area (Å²) in [7, 11) is 0. The third-order valence-corrected chi connectivity index (χ3v) is 2.18. The molecule has 0 fully saturated rings. The van der Waals surface area contributed by atoms with E-state index in [2.05, 4.69) is 16.0 Å². The summed E-state index contributed by atoms with van der Waals surface area (Å²) in [6.45, 7) is 2.50. The van der Waals surface area contributed by atoms with E-state index in [1.165, 1.54) is 0 Å². The van der Waals surface area contributed by atoms with Crippen molar-refractivity contribution in [3.8, 4) is 23.6 Å². The minimum absolute atomic E-state index is 0.506. The lowest BCUT2D eigenvalue weighted by Gasteiger charge is -1.96. The molecule has 2 heterocycles. The van der Waals surface area contributed by atoms with Gasteiger partial charge in [0.1, 0.15) is 6.54 Å². The summed E-state index contributed by atoms with van der Waals surface area (Å²) >= 11 is 0. The molecule has 74 valence electrons. The molecule has 0 unspecified atom stereocenters. The Labute approximate surface area is 88.8 Å². The molecule has 0 atom stereocenters. The molecule has 0 aliphatic rings. The second-order valence-corrected chi connectivity index (χ2v) is 3.27. The molecule has 2 rings (SSSR count). The molecule has 0 aromatic carbocycles. The van der Waals surface area contributed by atoms with Gasteiger partial charge in [-0.3, -0.25) is 9.67 Å². The first-order valence-electron chi connectivity index (χ1n) is 4.69. The summed E-state index contributed by atoms with van der Waals surface area (Å²) in [6.07, 6.45) is 8.79. The Balaban J connectivity index is 2.40. The second kappa shape index (κ2) is 3.97. The van der Waals surface area contributed by atoms with Crippen molar-refractivity contribution in [2.45, 2.75) is 13.5 Å². The molecule has 0 amide bonds. The number of aryl methyl sites for hydroxylation is 1. The first-order chi connectivity index (χ1) is 7.31. The average Bonchev–Trinajstić information content (AvgIpc) is 2.63. The third-order valence-electron chi connectivity index (χ3n) is 2.18. The average molecular weight is 197 g/mol. The van der Waals surface area contributed by atoms with Crippen molar-refractivity contribution in [1.29, 1.82) is 0 Å². The summed E-state index contributed by atoms with van der Waals surface area (Å²) in [5.41, 5.74) is 2.99. The number of terminal acetylenes is 1. The predicted molar refractivity (Wildman–Crippen MR) is 59.0 cm³/mol. The normalized spacial score (nSPS) is 9.87. The first kappa shape index (κ1) is 9.47. The Bertz CT molecular complexity index is 491. The van der Waals surface area contributed by atoms with Crippen LogP contribution in [-0.4, -0.2) is 14.8 Å². The van der Waals surface area contributed by atoms with Crippen molar-refractivity contribution in [2.24, 2.45) is 0 Å². The van der Waals surface area contributed by atoms with Crippen molar-refractivity contribution in [1.82, 2.24) is 14.8 Å². The molecule has 2 aromatic rings. The van der Waals surface area contributed by atoms with E-state index in [0.717, 1.165) is 17.0 Å². The van der Waals surface area contributed by atoms with Gasteiger partial charge in [0, 0.05) is 23.7 Å². The summed E-state index contributed by atoms with van der Waals surface area (Å²) in [6, 6.07) is 5.88. The van der Waals surface area contributed by atoms with Gasteiger partial charge < -0.3 is 0 Å². The molecule has 0 aliphatic carbocycles. The Morgan fingerprint density at radius 1 is 1.53 bits per heavy atom. The second-order valence-electron chi connectivity index (χ2n) is 3.27. The highest BCUT2D eigenvalue weighted by atomic mass is 15.3. The van der Waals surface area contributed by atoms with Crippen LogP contribution in [0.15, 0.2) is 30.6 Å². The summed E-state index contributed by atoms with van der Waals surface area (Å²) < 4.78 is 1.81. The van der Waals surface area contributed by atoms with Crippen LogP contribution in [0.3, 0.4) is 0 Å². The lowest BCUT2D eigenvalue weighted by atomic mass is 10.2. The maximum atomic E-state index is 5.25. The number of aromatic nitrogens is 3. The van der Waals surface area contributed by atoms with Crippen LogP contribution >= 0.6 is 0 Å². The minimum atomic E-state index is 0.506. The largest absolute Gasteiger partial charge is 0.264 e. The monoisotopic (exact) mass is 197 g/mol. The minimum Gasteiger partial charge on any atom is -0.264 e. The Hall–Kier alpha value is -2.08. The van der Waals surface area contributed by atoms with Gasteiger partial charge in [-0.2, -0.15) is 5.10 Å². The molecule has 0 aliphatic heterocycles. The van der Waals surface area contributed by atoms with Gasteiger partial charge in [-0.05, 0) is 25.1 Å². The standard InChI is InChI=1S/C12H11N3/c1-3-7-15-10(2)8-12(14-15)11-5-4-6-13-9-11/h1,4-6,8-9H,7H2,2H3. The first-order valence-corrected chi connectivity index (χ1v) is 4.69. The third kappa shape index (κ3) is 1.89. The van der Waals surface area contributed by atoms with Gasteiger partial charge in [0.2, 0.25) is 0 Å². The Morgan fingerprint density at radius 3 is 3.07 bits per heavy atom. The highest BCUT2D eigenvalue weighted by Crippen LogP contribution is 2.17. The van der Waals surface area contributed by atoms with E-state index in [1.807, 2.05) is 29.8 Å². The molecule has 0 N–H and O–H groups in total. The zero-order valence-corrected chi connectivity index (χ0v) is 8.51. The Kier molecular flexibility index (Phi) is 2.51. The molecule has 15 heavy (non-hydrogen) atoms. The molecule has 3 heteroatoms. The van der Waals surface area contributed by atoms with Crippen molar-refractivity contribution >= 4 is 0 Å². The van der Waals surface area contributed by atoms with E-state index in [1.54, 1.807) is 12.4 Å². The molecule has 0 saturated carbocycles. The van der Waals surface area contributed by atoms with Gasteiger partial charge in [-0.1, -0.05) is 5.92 Å². The van der Waals surface area contributed by atoms with Gasteiger partial charge in [0.15, 0.2) is 0 Å². The van der Waals surface area contributed by atoms with E-state index in [9.17, 15) is 0 Å². The van der Waals surface area contributed by atoms with Gasteiger partial charge in [0.05, 0.1) is 5.69 Å². The lowest BCUT2D eigenvalue weighted by molar-refractivity contribution is 0.694. The van der Waals surface area contributed by atoms with Crippen molar-refractivity contribution < 1.29 is 0 Å². The Morgan fingerprint density at radius 2 is 2.40 bits per heavy atom. The van der Waals surface area contributed by atoms with Crippen LogP contribution in [0.1, 0.15) is 5.69 Å². The van der Waals surface area contributed by atoms with E-state index in [-0.39, 0.29) is 0 Å². The maximum absolute atomic E-state index is 5.25. The maximum Gasteiger partial charge on any atom is 0.102 e. The summed E-state index contributed by atoms with van der Waals surface area (Å²) in [5.74, 6) is 2.57. The van der Waals surface area contributed by atoms with Crippen LogP contribution in [0.4, 0.5) is 0 Å². The van der Waals surface area contributed by atoms with Crippen LogP contribution in [-0.2, 0) is 6.54 Å². The molecular formula is C12H11N3. The molecule has 0 radical (unpaired) electrons. The lowest BCUT2D eigenvalue weighted by Crippen LogP contribution is -1.99. The fourth-order valence-electron chi connectivity index (χ4n) is 1.41. The van der Waals surface area contributed by atoms with Crippen molar-refractivity contribution in [3.05, 3.63) is 36.3 Å². The fourth-order valence-corrected chi connectivity index (χ4v) is 1.41. The molecule has 2 aromatic heterocycles. The molecule has 0 spiro atoms.